The summed E-state index contributed by atoms with van der Waals surface area (Å²) in [4.78, 5) is 59.7. The molecule has 2 aromatic heterocycles. The van der Waals surface area contributed by atoms with E-state index >= 15 is 0 Å². The molecule has 19 heteroatoms. The molecule has 0 aliphatic carbocycles. The van der Waals surface area contributed by atoms with Crippen LogP contribution >= 0.6 is 11.6 Å². The first-order chi connectivity index (χ1) is 27.1. The molecule has 18 nitrogen and oxygen atoms in total. The number of rotatable bonds is 11. The average Bonchev–Trinajstić information content (AvgIpc) is 3.15. The van der Waals surface area contributed by atoms with Crippen LogP contribution in [0.4, 0.5) is 23.3 Å². The fourth-order valence-electron chi connectivity index (χ4n) is 5.20. The number of nitrogens with zero attached hydrogens (tertiary/aromatic N) is 4. The van der Waals surface area contributed by atoms with Crippen LogP contribution in [0.1, 0.15) is 13.8 Å². The van der Waals surface area contributed by atoms with Crippen molar-refractivity contribution in [3.63, 3.8) is 0 Å². The van der Waals surface area contributed by atoms with E-state index in [1.165, 1.54) is 21.0 Å². The summed E-state index contributed by atoms with van der Waals surface area (Å²) in [7, 11) is 3.06. The molecule has 0 bridgehead atoms. The maximum absolute atomic E-state index is 11.5. The maximum Gasteiger partial charge on any atom is 0.255 e. The number of fused-ring (bicyclic) bond motifs is 2. The fraction of sp³-hybridized carbons (Fsp3) is 0.158. The van der Waals surface area contributed by atoms with Crippen molar-refractivity contribution >= 4 is 79.6 Å². The topological polar surface area (TPSA) is 299 Å². The minimum atomic E-state index is -0.580. The summed E-state index contributed by atoms with van der Waals surface area (Å²) >= 11 is 4.64. The number of methoxy groups -OCH3 is 2. The molecule has 6 aromatic rings. The molecule has 0 fully saturated rings. The quantitative estimate of drug-likeness (QED) is 0.0802. The molecule has 0 saturated heterocycles. The molecule has 4 aromatic carbocycles. The number of nitrogen functional groups attached to an aromatic ring is 3. The van der Waals surface area contributed by atoms with Crippen molar-refractivity contribution in [3.8, 4) is 45.5 Å². The standard InChI is InChI=1S/C19H19N5O4.C17H17N5O3.C2H3ClO/c1-10(25)22-15-7-11(3-6-16(15)27-2)18-13-8-12(28-9-17(20)26)4-5-14(13)23-19(21)24-18;1-24-14-5-2-9(6-12(14)18)16-11-7-10(25-8-15(19)23)3-4-13(11)21-17(20)22-16;1-2(3)4/h3-8H,9H2,1-2H3,(H2,20,26)(H,22,25)(H2,21,23,24);2-7H,8,18H2,1H3,(H2,19,23)(H2,20,21,22);1H3. The van der Waals surface area contributed by atoms with E-state index in [-0.39, 0.29) is 36.3 Å². The molecule has 57 heavy (non-hydrogen) atoms. The third-order valence-corrected chi connectivity index (χ3v) is 7.42. The predicted octanol–water partition coefficient (Wildman–Crippen LogP) is 3.82. The Labute approximate surface area is 330 Å². The van der Waals surface area contributed by atoms with Crippen molar-refractivity contribution in [2.75, 3.05) is 50.0 Å². The highest BCUT2D eigenvalue weighted by Gasteiger charge is 2.15. The lowest BCUT2D eigenvalue weighted by Crippen LogP contribution is -2.20. The van der Waals surface area contributed by atoms with E-state index in [2.05, 4.69) is 36.9 Å². The van der Waals surface area contributed by atoms with E-state index in [1.807, 2.05) is 6.07 Å². The van der Waals surface area contributed by atoms with Gasteiger partial charge >= 0.3 is 0 Å². The molecule has 2 heterocycles. The largest absolute Gasteiger partial charge is 0.495 e. The molecule has 0 aliphatic rings. The summed E-state index contributed by atoms with van der Waals surface area (Å²) in [5.41, 5.74) is 32.7. The third-order valence-electron chi connectivity index (χ3n) is 7.42. The second-order valence-electron chi connectivity index (χ2n) is 11.8. The van der Waals surface area contributed by atoms with Crippen LogP contribution in [0.15, 0.2) is 72.8 Å². The molecule has 11 N–H and O–H groups in total. The Balaban J connectivity index is 0.000000232. The van der Waals surface area contributed by atoms with Gasteiger partial charge < -0.3 is 52.9 Å². The summed E-state index contributed by atoms with van der Waals surface area (Å²) in [5.74, 6) is 0.869. The van der Waals surface area contributed by atoms with Gasteiger partial charge in [-0.3, -0.25) is 19.2 Å². The van der Waals surface area contributed by atoms with E-state index in [9.17, 15) is 19.2 Å². The zero-order valence-electron chi connectivity index (χ0n) is 31.2. The van der Waals surface area contributed by atoms with Gasteiger partial charge in [-0.15, -0.1) is 0 Å². The van der Waals surface area contributed by atoms with E-state index in [0.717, 1.165) is 5.56 Å². The van der Waals surface area contributed by atoms with Crippen LogP contribution in [-0.2, 0) is 19.2 Å². The van der Waals surface area contributed by atoms with E-state index in [1.54, 1.807) is 73.8 Å². The van der Waals surface area contributed by atoms with Crippen molar-refractivity contribution in [3.05, 3.63) is 72.8 Å². The molecular formula is C38H39ClN10O8. The van der Waals surface area contributed by atoms with Gasteiger partial charge in [0.1, 0.15) is 23.0 Å². The van der Waals surface area contributed by atoms with Crippen LogP contribution in [0.5, 0.6) is 23.0 Å². The number of halogens is 1. The monoisotopic (exact) mass is 798 g/mol. The van der Waals surface area contributed by atoms with E-state index in [4.69, 9.17) is 47.6 Å². The number of carbonyl (C=O) groups excluding carboxylic acids is 4. The Morgan fingerprint density at radius 3 is 1.47 bits per heavy atom. The van der Waals surface area contributed by atoms with E-state index < -0.39 is 11.8 Å². The van der Waals surface area contributed by atoms with Gasteiger partial charge in [-0.05, 0) is 84.4 Å². The number of aromatic nitrogens is 4. The molecular weight excluding hydrogens is 760 g/mol. The van der Waals surface area contributed by atoms with Gasteiger partial charge in [0.2, 0.25) is 23.0 Å². The summed E-state index contributed by atoms with van der Waals surface area (Å²) in [6.45, 7) is 2.24. The number of nitrogens with two attached hydrogens (primary N) is 5. The normalized spacial score (nSPS) is 10.3. The maximum atomic E-state index is 11.5. The third kappa shape index (κ3) is 11.8. The first kappa shape index (κ1) is 42.3. The number of primary amides is 2. The Morgan fingerprint density at radius 1 is 0.632 bits per heavy atom. The minimum absolute atomic E-state index is 0.102. The molecule has 3 amide bonds. The highest BCUT2D eigenvalue weighted by Crippen LogP contribution is 2.35. The zero-order valence-corrected chi connectivity index (χ0v) is 31.9. The summed E-state index contributed by atoms with van der Waals surface area (Å²) in [6.07, 6.45) is 0. The van der Waals surface area contributed by atoms with Crippen LogP contribution < -0.4 is 52.9 Å². The lowest BCUT2D eigenvalue weighted by molar-refractivity contribution is -0.120. The Kier molecular flexibility index (Phi) is 14.3. The number of benzene rings is 4. The fourth-order valence-corrected chi connectivity index (χ4v) is 5.20. The molecule has 0 unspecified atom stereocenters. The second-order valence-corrected chi connectivity index (χ2v) is 12.3. The van der Waals surface area contributed by atoms with Crippen molar-refractivity contribution in [2.24, 2.45) is 11.5 Å². The van der Waals surface area contributed by atoms with Crippen LogP contribution in [-0.4, -0.2) is 70.3 Å². The smallest absolute Gasteiger partial charge is 0.255 e. The van der Waals surface area contributed by atoms with Gasteiger partial charge in [0.05, 0.1) is 48.0 Å². The van der Waals surface area contributed by atoms with Gasteiger partial charge in [0.15, 0.2) is 13.2 Å². The molecule has 0 atom stereocenters. The van der Waals surface area contributed by atoms with Crippen molar-refractivity contribution in [2.45, 2.75) is 13.8 Å². The first-order valence-corrected chi connectivity index (χ1v) is 17.0. The van der Waals surface area contributed by atoms with Crippen LogP contribution in [0.3, 0.4) is 0 Å². The van der Waals surface area contributed by atoms with Crippen molar-refractivity contribution < 1.29 is 38.1 Å². The predicted molar refractivity (Wildman–Crippen MR) is 217 cm³/mol. The molecule has 6 rings (SSSR count). The molecule has 0 aliphatic heterocycles. The van der Waals surface area contributed by atoms with Crippen LogP contribution in [0, 0.1) is 0 Å². The van der Waals surface area contributed by atoms with Gasteiger partial charge in [-0.1, -0.05) is 0 Å². The Morgan fingerprint density at radius 2 is 1.07 bits per heavy atom. The molecule has 0 spiro atoms. The molecule has 296 valence electrons. The van der Waals surface area contributed by atoms with Crippen LogP contribution in [0.2, 0.25) is 0 Å². The highest BCUT2D eigenvalue weighted by atomic mass is 35.5. The zero-order chi connectivity index (χ0) is 41.8. The van der Waals surface area contributed by atoms with Gasteiger partial charge in [0, 0.05) is 35.7 Å². The number of hydrogen-bond acceptors (Lipinski definition) is 15. The lowest BCUT2D eigenvalue weighted by Gasteiger charge is -2.13. The Bertz CT molecular complexity index is 2460. The first-order valence-electron chi connectivity index (χ1n) is 16.6. The average molecular weight is 799 g/mol. The van der Waals surface area contributed by atoms with Gasteiger partial charge in [-0.2, -0.15) is 0 Å². The SMILES string of the molecule is CC(=O)Cl.COc1ccc(-c2nc(N)nc3ccc(OCC(N)=O)cc23)cc1N.COc1ccc(-c2nc(N)nc3ccc(OCC(N)=O)cc23)cc1NC(C)=O. The highest BCUT2D eigenvalue weighted by molar-refractivity contribution is 6.62. The number of hydrogen-bond donors (Lipinski definition) is 6. The number of amides is 3. The summed E-state index contributed by atoms with van der Waals surface area (Å²) in [5, 5.41) is 3.74. The minimum Gasteiger partial charge on any atom is -0.495 e. The van der Waals surface area contributed by atoms with Crippen molar-refractivity contribution in [1.29, 1.82) is 0 Å². The molecule has 0 saturated carbocycles. The summed E-state index contributed by atoms with van der Waals surface area (Å²) < 4.78 is 21.2. The second kappa shape index (κ2) is 19.2. The van der Waals surface area contributed by atoms with E-state index in [0.29, 0.717) is 73.1 Å². The van der Waals surface area contributed by atoms with Gasteiger partial charge in [-0.25, -0.2) is 19.9 Å². The Hall–Kier alpha value is -7.47. The summed E-state index contributed by atoms with van der Waals surface area (Å²) in [6, 6.07) is 20.8. The van der Waals surface area contributed by atoms with Crippen molar-refractivity contribution in [1.82, 2.24) is 19.9 Å². The number of anilines is 4. The lowest BCUT2D eigenvalue weighted by atomic mass is 10.0. The number of carbonyl (C=O) groups is 4. The van der Waals surface area contributed by atoms with Crippen LogP contribution in [0.25, 0.3) is 44.3 Å². The van der Waals surface area contributed by atoms with Gasteiger partial charge in [0.25, 0.3) is 11.8 Å². The number of nitrogens with one attached hydrogen (secondary N) is 1. The molecule has 0 radical (unpaired) electrons. The number of ether oxygens (including phenoxy) is 4.